The minimum Gasteiger partial charge on any atom is -0.379 e. The maximum atomic E-state index is 12.8. The summed E-state index contributed by atoms with van der Waals surface area (Å²) in [5, 5.41) is 8.05. The van der Waals surface area contributed by atoms with Gasteiger partial charge in [-0.3, -0.25) is 9.69 Å². The molecule has 1 aromatic heterocycles. The van der Waals surface area contributed by atoms with Gasteiger partial charge in [-0.2, -0.15) is 5.10 Å². The number of carbonyl (C=O) groups is 1. The molecule has 156 valence electrons. The van der Waals surface area contributed by atoms with Crippen molar-refractivity contribution in [1.29, 1.82) is 0 Å². The van der Waals surface area contributed by atoms with Gasteiger partial charge < -0.3 is 10.1 Å². The molecule has 3 aromatic rings. The van der Waals surface area contributed by atoms with Gasteiger partial charge in [0.1, 0.15) is 0 Å². The number of nitrogens with one attached hydrogen (secondary N) is 1. The van der Waals surface area contributed by atoms with E-state index in [0.29, 0.717) is 17.1 Å². The van der Waals surface area contributed by atoms with Crippen molar-refractivity contribution in [3.8, 4) is 5.69 Å². The molecule has 1 N–H and O–H groups in total. The lowest BCUT2D eigenvalue weighted by molar-refractivity contribution is 0.0340. The summed E-state index contributed by atoms with van der Waals surface area (Å²) in [6, 6.07) is 15.7. The predicted molar refractivity (Wildman–Crippen MR) is 117 cm³/mol. The third kappa shape index (κ3) is 4.73. The number of halogens is 1. The van der Waals surface area contributed by atoms with Crippen LogP contribution in [0.15, 0.2) is 54.7 Å². The summed E-state index contributed by atoms with van der Waals surface area (Å²) in [5.41, 5.74) is 4.51. The minimum absolute atomic E-state index is 0.137. The SMILES string of the molecule is Cc1c(C(=O)NCc2ccccc2CN2CCOCC2)cnn1-c1cccc(Cl)c1. The van der Waals surface area contributed by atoms with Gasteiger partial charge in [-0.15, -0.1) is 0 Å². The first-order chi connectivity index (χ1) is 14.6. The number of benzene rings is 2. The van der Waals surface area contributed by atoms with Crippen molar-refractivity contribution in [2.75, 3.05) is 26.3 Å². The second-order valence-corrected chi connectivity index (χ2v) is 7.81. The Kier molecular flexibility index (Phi) is 6.47. The Hall–Kier alpha value is -2.67. The quantitative estimate of drug-likeness (QED) is 0.656. The molecule has 1 aliphatic rings. The monoisotopic (exact) mass is 424 g/mol. The van der Waals surface area contributed by atoms with Gasteiger partial charge in [0.15, 0.2) is 0 Å². The second kappa shape index (κ2) is 9.43. The largest absolute Gasteiger partial charge is 0.379 e. The Morgan fingerprint density at radius 2 is 1.90 bits per heavy atom. The maximum absolute atomic E-state index is 12.8. The fourth-order valence-electron chi connectivity index (χ4n) is 3.66. The Morgan fingerprint density at radius 3 is 2.67 bits per heavy atom. The van der Waals surface area contributed by atoms with Crippen molar-refractivity contribution in [3.05, 3.63) is 82.1 Å². The van der Waals surface area contributed by atoms with Gasteiger partial charge in [0, 0.05) is 31.2 Å². The average molecular weight is 425 g/mol. The zero-order valence-corrected chi connectivity index (χ0v) is 17.7. The van der Waals surface area contributed by atoms with Gasteiger partial charge in [0.25, 0.3) is 5.91 Å². The molecule has 6 nitrogen and oxygen atoms in total. The van der Waals surface area contributed by atoms with Crippen molar-refractivity contribution in [1.82, 2.24) is 20.0 Å². The molecular weight excluding hydrogens is 400 g/mol. The first-order valence-corrected chi connectivity index (χ1v) is 10.5. The first-order valence-electron chi connectivity index (χ1n) is 10.1. The highest BCUT2D eigenvalue weighted by atomic mass is 35.5. The summed E-state index contributed by atoms with van der Waals surface area (Å²) < 4.78 is 7.16. The fourth-order valence-corrected chi connectivity index (χ4v) is 3.84. The summed E-state index contributed by atoms with van der Waals surface area (Å²) in [6.07, 6.45) is 1.60. The topological polar surface area (TPSA) is 59.4 Å². The Bertz CT molecular complexity index is 1030. The van der Waals surface area contributed by atoms with E-state index in [9.17, 15) is 4.79 Å². The molecule has 1 fully saturated rings. The van der Waals surface area contributed by atoms with Gasteiger partial charge in [-0.25, -0.2) is 4.68 Å². The molecule has 7 heteroatoms. The smallest absolute Gasteiger partial charge is 0.255 e. The molecule has 0 radical (unpaired) electrons. The Morgan fingerprint density at radius 1 is 1.13 bits per heavy atom. The highest BCUT2D eigenvalue weighted by Gasteiger charge is 2.17. The number of nitrogens with zero attached hydrogens (tertiary/aromatic N) is 3. The molecule has 1 aliphatic heterocycles. The Balaban J connectivity index is 1.44. The zero-order valence-electron chi connectivity index (χ0n) is 17.0. The lowest BCUT2D eigenvalue weighted by Gasteiger charge is -2.27. The molecule has 2 heterocycles. The Labute approximate surface area is 181 Å². The summed E-state index contributed by atoms with van der Waals surface area (Å²) >= 11 is 6.09. The molecule has 1 saturated heterocycles. The van der Waals surface area contributed by atoms with Crippen LogP contribution in [0.25, 0.3) is 5.69 Å². The summed E-state index contributed by atoms with van der Waals surface area (Å²) in [5.74, 6) is -0.137. The fraction of sp³-hybridized carbons (Fsp3) is 0.304. The van der Waals surface area contributed by atoms with Crippen LogP contribution in [0.3, 0.4) is 0 Å². The van der Waals surface area contributed by atoms with E-state index >= 15 is 0 Å². The van der Waals surface area contributed by atoms with Gasteiger partial charge >= 0.3 is 0 Å². The molecular formula is C23H25ClN4O2. The van der Waals surface area contributed by atoms with E-state index in [1.165, 1.54) is 5.56 Å². The summed E-state index contributed by atoms with van der Waals surface area (Å²) in [7, 11) is 0. The lowest BCUT2D eigenvalue weighted by Crippen LogP contribution is -2.36. The van der Waals surface area contributed by atoms with Crippen molar-refractivity contribution >= 4 is 17.5 Å². The van der Waals surface area contributed by atoms with E-state index in [1.54, 1.807) is 10.9 Å². The van der Waals surface area contributed by atoms with Crippen LogP contribution in [0.1, 0.15) is 27.2 Å². The minimum atomic E-state index is -0.137. The second-order valence-electron chi connectivity index (χ2n) is 7.38. The van der Waals surface area contributed by atoms with Gasteiger partial charge in [0.2, 0.25) is 0 Å². The highest BCUT2D eigenvalue weighted by Crippen LogP contribution is 2.18. The number of amides is 1. The van der Waals surface area contributed by atoms with Crippen molar-refractivity contribution in [3.63, 3.8) is 0 Å². The van der Waals surface area contributed by atoms with E-state index in [0.717, 1.165) is 49.8 Å². The van der Waals surface area contributed by atoms with Crippen LogP contribution in [-0.2, 0) is 17.8 Å². The van der Waals surface area contributed by atoms with E-state index in [2.05, 4.69) is 27.4 Å². The van der Waals surface area contributed by atoms with Crippen molar-refractivity contribution in [2.24, 2.45) is 0 Å². The van der Waals surface area contributed by atoms with Crippen LogP contribution in [-0.4, -0.2) is 46.9 Å². The summed E-state index contributed by atoms with van der Waals surface area (Å²) in [4.78, 5) is 15.2. The number of hydrogen-bond acceptors (Lipinski definition) is 4. The molecule has 2 aromatic carbocycles. The molecule has 0 saturated carbocycles. The number of carbonyl (C=O) groups excluding carboxylic acids is 1. The third-order valence-electron chi connectivity index (χ3n) is 5.36. The highest BCUT2D eigenvalue weighted by molar-refractivity contribution is 6.30. The lowest BCUT2D eigenvalue weighted by atomic mass is 10.1. The van der Waals surface area contributed by atoms with Crippen LogP contribution in [0.4, 0.5) is 0 Å². The van der Waals surface area contributed by atoms with Crippen LogP contribution in [0, 0.1) is 6.92 Å². The number of ether oxygens (including phenoxy) is 1. The van der Waals surface area contributed by atoms with E-state index < -0.39 is 0 Å². The first kappa shape index (κ1) is 20.6. The standard InChI is InChI=1S/C23H25ClN4O2/c1-17-22(15-26-28(17)21-8-4-7-20(24)13-21)23(29)25-14-18-5-2-3-6-19(18)16-27-9-11-30-12-10-27/h2-8,13,15H,9-12,14,16H2,1H3,(H,25,29). The molecule has 0 atom stereocenters. The van der Waals surface area contributed by atoms with Crippen LogP contribution >= 0.6 is 11.6 Å². The van der Waals surface area contributed by atoms with Crippen LogP contribution in [0.2, 0.25) is 5.02 Å². The van der Waals surface area contributed by atoms with E-state index in [4.69, 9.17) is 16.3 Å². The molecule has 1 amide bonds. The number of aromatic nitrogens is 2. The molecule has 0 aliphatic carbocycles. The molecule has 0 bridgehead atoms. The summed E-state index contributed by atoms with van der Waals surface area (Å²) in [6.45, 7) is 6.63. The van der Waals surface area contributed by atoms with Gasteiger partial charge in [-0.05, 0) is 36.2 Å². The molecule has 0 unspecified atom stereocenters. The van der Waals surface area contributed by atoms with Crippen LogP contribution < -0.4 is 5.32 Å². The average Bonchev–Trinajstić information content (AvgIpc) is 3.15. The molecule has 30 heavy (non-hydrogen) atoms. The number of morpholine rings is 1. The van der Waals surface area contributed by atoms with E-state index in [-0.39, 0.29) is 5.91 Å². The number of hydrogen-bond donors (Lipinski definition) is 1. The molecule has 0 spiro atoms. The van der Waals surface area contributed by atoms with Crippen molar-refractivity contribution in [2.45, 2.75) is 20.0 Å². The number of rotatable bonds is 6. The molecule has 4 rings (SSSR count). The third-order valence-corrected chi connectivity index (χ3v) is 5.60. The van der Waals surface area contributed by atoms with E-state index in [1.807, 2.05) is 43.3 Å². The van der Waals surface area contributed by atoms with Crippen LogP contribution in [0.5, 0.6) is 0 Å². The predicted octanol–water partition coefficient (Wildman–Crippen LogP) is 3.60. The van der Waals surface area contributed by atoms with Gasteiger partial charge in [-0.1, -0.05) is 41.9 Å². The normalized spacial score (nSPS) is 14.6. The van der Waals surface area contributed by atoms with Crippen molar-refractivity contribution < 1.29 is 9.53 Å². The van der Waals surface area contributed by atoms with Gasteiger partial charge in [0.05, 0.1) is 36.4 Å². The maximum Gasteiger partial charge on any atom is 0.255 e. The zero-order chi connectivity index (χ0) is 20.9.